The summed E-state index contributed by atoms with van der Waals surface area (Å²) >= 11 is 20.1. The first kappa shape index (κ1) is 24.0. The van der Waals surface area contributed by atoms with Gasteiger partial charge in [0.05, 0.1) is 10.0 Å². The third-order valence-corrected chi connectivity index (χ3v) is 6.85. The summed E-state index contributed by atoms with van der Waals surface area (Å²) in [5, 5.41) is 17.2. The van der Waals surface area contributed by atoms with E-state index in [1.807, 2.05) is 24.3 Å². The molecule has 172 valence electrons. The van der Waals surface area contributed by atoms with Crippen LogP contribution < -0.4 is 5.32 Å². The molecular formula is C24H15Cl3N2O4S. The van der Waals surface area contributed by atoms with Gasteiger partial charge >= 0.3 is 5.97 Å². The second kappa shape index (κ2) is 10.0. The number of aromatic nitrogens is 1. The maximum absolute atomic E-state index is 13.1. The van der Waals surface area contributed by atoms with Gasteiger partial charge in [0, 0.05) is 25.9 Å². The molecule has 0 bridgehead atoms. The van der Waals surface area contributed by atoms with E-state index < -0.39 is 11.9 Å². The minimum atomic E-state index is -1.31. The predicted molar refractivity (Wildman–Crippen MR) is 135 cm³/mol. The summed E-state index contributed by atoms with van der Waals surface area (Å²) in [6, 6.07) is 15.8. The number of carbonyl (C=O) groups is 2. The van der Waals surface area contributed by atoms with Crippen LogP contribution in [0.5, 0.6) is 0 Å². The van der Waals surface area contributed by atoms with Crippen molar-refractivity contribution in [1.29, 1.82) is 0 Å². The average molecular weight is 534 g/mol. The summed E-state index contributed by atoms with van der Waals surface area (Å²) in [6.07, 6.45) is 1.37. The van der Waals surface area contributed by atoms with Crippen molar-refractivity contribution < 1.29 is 19.2 Å². The van der Waals surface area contributed by atoms with Crippen LogP contribution in [0.25, 0.3) is 27.8 Å². The van der Waals surface area contributed by atoms with E-state index >= 15 is 0 Å². The predicted octanol–water partition coefficient (Wildman–Crippen LogP) is 7.19. The number of aliphatic carboxylic acids is 1. The molecule has 34 heavy (non-hydrogen) atoms. The van der Waals surface area contributed by atoms with Gasteiger partial charge in [-0.25, -0.2) is 4.79 Å². The molecule has 2 N–H and O–H groups in total. The molecule has 0 aliphatic rings. The summed E-state index contributed by atoms with van der Waals surface area (Å²) in [5.41, 5.74) is 0.972. The lowest BCUT2D eigenvalue weighted by atomic mass is 10.1. The molecule has 0 atom stereocenters. The van der Waals surface area contributed by atoms with Crippen LogP contribution in [-0.4, -0.2) is 22.1 Å². The molecule has 2 aromatic carbocycles. The van der Waals surface area contributed by atoms with Crippen molar-refractivity contribution in [2.75, 3.05) is 0 Å². The quantitative estimate of drug-likeness (QED) is 0.256. The highest BCUT2D eigenvalue weighted by molar-refractivity contribution is 7.16. The second-order valence-corrected chi connectivity index (χ2v) is 9.40. The summed E-state index contributed by atoms with van der Waals surface area (Å²) in [4.78, 5) is 26.5. The van der Waals surface area contributed by atoms with Crippen LogP contribution in [0.1, 0.15) is 21.0 Å². The number of thiophene rings is 1. The minimum Gasteiger partial charge on any atom is -0.477 e. The van der Waals surface area contributed by atoms with Crippen LogP contribution >= 0.6 is 46.1 Å². The van der Waals surface area contributed by atoms with Crippen molar-refractivity contribution in [3.05, 3.63) is 91.6 Å². The first-order valence-electron chi connectivity index (χ1n) is 9.78. The molecule has 0 aliphatic carbocycles. The fraction of sp³-hybridized carbons (Fsp3) is 0.0417. The van der Waals surface area contributed by atoms with Gasteiger partial charge < -0.3 is 14.9 Å². The van der Waals surface area contributed by atoms with Gasteiger partial charge in [-0.15, -0.1) is 11.3 Å². The zero-order chi connectivity index (χ0) is 24.4. The summed E-state index contributed by atoms with van der Waals surface area (Å²) in [5.74, 6) is -1.85. The van der Waals surface area contributed by atoms with Gasteiger partial charge in [0.15, 0.2) is 0 Å². The van der Waals surface area contributed by atoms with E-state index in [4.69, 9.17) is 39.3 Å². The lowest BCUT2D eigenvalue weighted by Gasteiger charge is -2.08. The third kappa shape index (κ3) is 4.88. The van der Waals surface area contributed by atoms with E-state index in [1.165, 1.54) is 24.3 Å². The molecule has 2 heterocycles. The van der Waals surface area contributed by atoms with Gasteiger partial charge in [-0.1, -0.05) is 64.2 Å². The molecule has 2 aromatic heterocycles. The molecule has 0 aliphatic heterocycles. The van der Waals surface area contributed by atoms with Crippen molar-refractivity contribution in [1.82, 2.24) is 10.5 Å². The Balaban J connectivity index is 1.66. The first-order valence-corrected chi connectivity index (χ1v) is 11.7. The van der Waals surface area contributed by atoms with Crippen molar-refractivity contribution in [3.63, 3.8) is 0 Å². The second-order valence-electron chi connectivity index (χ2n) is 7.06. The fourth-order valence-electron chi connectivity index (χ4n) is 3.25. The van der Waals surface area contributed by atoms with E-state index in [9.17, 15) is 14.7 Å². The number of amides is 1. The fourth-order valence-corrected chi connectivity index (χ4v) is 5.11. The highest BCUT2D eigenvalue weighted by Gasteiger charge is 2.26. The number of halogens is 3. The number of hydrogen-bond donors (Lipinski definition) is 2. The topological polar surface area (TPSA) is 92.4 Å². The maximum Gasteiger partial charge on any atom is 0.352 e. The molecule has 0 saturated heterocycles. The Hall–Kier alpha value is -3.10. The van der Waals surface area contributed by atoms with Crippen LogP contribution in [0.2, 0.25) is 15.1 Å². The minimum absolute atomic E-state index is 0.0325. The maximum atomic E-state index is 13.1. The number of hydrogen-bond acceptors (Lipinski definition) is 5. The van der Waals surface area contributed by atoms with Gasteiger partial charge in [-0.05, 0) is 43.3 Å². The van der Waals surface area contributed by atoms with Gasteiger partial charge in [0.25, 0.3) is 5.91 Å². The van der Waals surface area contributed by atoms with Crippen molar-refractivity contribution in [3.8, 4) is 21.7 Å². The van der Waals surface area contributed by atoms with E-state index in [-0.39, 0.29) is 32.8 Å². The molecular weight excluding hydrogens is 519 g/mol. The number of benzene rings is 2. The largest absolute Gasteiger partial charge is 0.477 e. The van der Waals surface area contributed by atoms with Crippen LogP contribution in [-0.2, 0) is 4.79 Å². The van der Waals surface area contributed by atoms with Gasteiger partial charge in [-0.2, -0.15) is 0 Å². The normalized spacial score (nSPS) is 11.5. The molecule has 0 saturated carbocycles. The number of aryl methyl sites for hydroxylation is 1. The first-order chi connectivity index (χ1) is 16.3. The third-order valence-electron chi connectivity index (χ3n) is 4.82. The molecule has 1 amide bonds. The molecule has 0 spiro atoms. The van der Waals surface area contributed by atoms with E-state index in [0.717, 1.165) is 10.4 Å². The standard InChI is InChI=1S/C24H15Cl3N2O4S/c1-12-20(22(29-33-12)21-16(26)7-4-8-17(21)27)23(30)28-18(24(31)32)11-13-9-10-19(34-13)14-5-2-3-6-15(14)25/h2-11H,1H3,(H,28,30)(H,31,32)/b18-11-. The van der Waals surface area contributed by atoms with E-state index in [2.05, 4.69) is 10.5 Å². The summed E-state index contributed by atoms with van der Waals surface area (Å²) < 4.78 is 5.20. The Kier molecular flexibility index (Phi) is 7.09. The summed E-state index contributed by atoms with van der Waals surface area (Å²) in [7, 11) is 0. The zero-order valence-corrected chi connectivity index (χ0v) is 20.5. The average Bonchev–Trinajstić information content (AvgIpc) is 3.40. The Labute approximate surface area is 213 Å². The monoisotopic (exact) mass is 532 g/mol. The Bertz CT molecular complexity index is 1420. The molecule has 4 aromatic rings. The van der Waals surface area contributed by atoms with E-state index in [0.29, 0.717) is 15.5 Å². The molecule has 10 heteroatoms. The summed E-state index contributed by atoms with van der Waals surface area (Å²) in [6.45, 7) is 1.54. The van der Waals surface area contributed by atoms with Crippen molar-refractivity contribution >= 4 is 64.1 Å². The van der Waals surface area contributed by atoms with Crippen LogP contribution in [0.3, 0.4) is 0 Å². The highest BCUT2D eigenvalue weighted by Crippen LogP contribution is 2.37. The Morgan fingerprint density at radius 2 is 1.68 bits per heavy atom. The highest BCUT2D eigenvalue weighted by atomic mass is 35.5. The smallest absolute Gasteiger partial charge is 0.352 e. The molecule has 6 nitrogen and oxygen atoms in total. The van der Waals surface area contributed by atoms with Crippen LogP contribution in [0, 0.1) is 6.92 Å². The van der Waals surface area contributed by atoms with E-state index in [1.54, 1.807) is 30.3 Å². The number of carboxylic acids is 1. The van der Waals surface area contributed by atoms with Crippen molar-refractivity contribution in [2.24, 2.45) is 0 Å². The number of nitrogens with one attached hydrogen (secondary N) is 1. The SMILES string of the molecule is Cc1onc(-c2c(Cl)cccc2Cl)c1C(=O)N/C(=C\c1ccc(-c2ccccc2Cl)s1)C(=O)O. The van der Waals surface area contributed by atoms with Gasteiger partial charge in [-0.3, -0.25) is 4.79 Å². The molecule has 4 rings (SSSR count). The molecule has 0 unspecified atom stereocenters. The lowest BCUT2D eigenvalue weighted by molar-refractivity contribution is -0.132. The van der Waals surface area contributed by atoms with Crippen LogP contribution in [0.4, 0.5) is 0 Å². The number of carbonyl (C=O) groups excluding carboxylic acids is 1. The Morgan fingerprint density at radius 3 is 2.35 bits per heavy atom. The van der Waals surface area contributed by atoms with Gasteiger partial charge in [0.2, 0.25) is 0 Å². The number of carboxylic acid groups (broad SMARTS) is 1. The van der Waals surface area contributed by atoms with Crippen molar-refractivity contribution in [2.45, 2.75) is 6.92 Å². The van der Waals surface area contributed by atoms with Crippen LogP contribution in [0.15, 0.2) is 64.8 Å². The molecule has 0 fully saturated rings. The van der Waals surface area contributed by atoms with Gasteiger partial charge in [0.1, 0.15) is 22.7 Å². The number of nitrogens with zero attached hydrogens (tertiary/aromatic N) is 1. The number of rotatable bonds is 6. The zero-order valence-electron chi connectivity index (χ0n) is 17.4. The Morgan fingerprint density at radius 1 is 1.00 bits per heavy atom. The lowest BCUT2D eigenvalue weighted by Crippen LogP contribution is -2.27. The molecule has 0 radical (unpaired) electrons.